The van der Waals surface area contributed by atoms with Gasteiger partial charge >= 0.3 is 0 Å². The lowest BCUT2D eigenvalue weighted by molar-refractivity contribution is 0.0738. The summed E-state index contributed by atoms with van der Waals surface area (Å²) >= 11 is 0. The van der Waals surface area contributed by atoms with Gasteiger partial charge in [-0.05, 0) is 81.6 Å². The molecule has 10 nitrogen and oxygen atoms in total. The molecule has 0 amide bonds. The van der Waals surface area contributed by atoms with Crippen molar-refractivity contribution in [3.63, 3.8) is 0 Å². The number of fused-ring (bicyclic) bond motifs is 2. The average molecular weight is 555 g/mol. The number of allylic oxidation sites excluding steroid dienone is 1. The highest BCUT2D eigenvalue weighted by Crippen LogP contribution is 2.25. The van der Waals surface area contributed by atoms with E-state index in [1.54, 1.807) is 42.9 Å². The van der Waals surface area contributed by atoms with E-state index in [0.717, 1.165) is 38.3 Å². The third-order valence-corrected chi connectivity index (χ3v) is 8.04. The third-order valence-electron chi connectivity index (χ3n) is 8.04. The predicted octanol–water partition coefficient (Wildman–Crippen LogP) is 3.59. The van der Waals surface area contributed by atoms with Crippen molar-refractivity contribution < 1.29 is 5.11 Å². The van der Waals surface area contributed by atoms with Gasteiger partial charge in [0.2, 0.25) is 5.95 Å². The number of aromatic nitrogens is 5. The van der Waals surface area contributed by atoms with E-state index in [-0.39, 0.29) is 12.1 Å². The maximum absolute atomic E-state index is 13.3. The number of anilines is 2. The number of hydrogen-bond donors (Lipinski definition) is 2. The van der Waals surface area contributed by atoms with Crippen molar-refractivity contribution in [2.45, 2.75) is 51.8 Å². The topological polar surface area (TPSA) is 104 Å². The molecule has 4 aromatic rings. The molecule has 0 bridgehead atoms. The number of rotatable bonds is 9. The zero-order chi connectivity index (χ0) is 28.6. The molecule has 1 aromatic carbocycles. The van der Waals surface area contributed by atoms with Crippen molar-refractivity contribution in [3.05, 3.63) is 82.4 Å². The summed E-state index contributed by atoms with van der Waals surface area (Å²) in [5.74, 6) is 0.869. The minimum Gasteiger partial charge on any atom is -0.384 e. The summed E-state index contributed by atoms with van der Waals surface area (Å²) in [5.41, 5.74) is 3.17. The Labute approximate surface area is 240 Å². The first-order chi connectivity index (χ1) is 19.8. The molecule has 6 rings (SSSR count). The zero-order valence-electron chi connectivity index (χ0n) is 23.9. The first-order valence-corrected chi connectivity index (χ1v) is 14.4. The van der Waals surface area contributed by atoms with Crippen LogP contribution in [-0.2, 0) is 25.1 Å². The lowest BCUT2D eigenvalue weighted by atomic mass is 9.99. The monoisotopic (exact) mass is 554 g/mol. The largest absolute Gasteiger partial charge is 0.384 e. The first-order valence-electron chi connectivity index (χ1n) is 14.4. The van der Waals surface area contributed by atoms with Crippen LogP contribution in [-0.4, -0.2) is 71.9 Å². The van der Waals surface area contributed by atoms with Crippen LogP contribution in [0.15, 0.2) is 60.0 Å². The molecular weight excluding hydrogens is 516 g/mol. The standard InChI is InChI=1S/C31H38N8O2/c1-4-13-38-29(40)25-20-32-30(35-28(25)39(38)27-9-7-8-26(34-27)31(2,3)41)33-24-11-10-22-12-16-37(21-23(22)19-24)18-17-36-14-5-6-15-36/h4,7-11,19-20,41H,1,5-6,12-18,21H2,2-3H3,(H,32,33,35). The molecule has 2 aliphatic heterocycles. The lowest BCUT2D eigenvalue weighted by Crippen LogP contribution is -2.37. The Morgan fingerprint density at radius 3 is 2.63 bits per heavy atom. The molecule has 214 valence electrons. The quantitative estimate of drug-likeness (QED) is 0.303. The molecule has 0 unspecified atom stereocenters. The van der Waals surface area contributed by atoms with E-state index >= 15 is 0 Å². The number of pyridine rings is 1. The Balaban J connectivity index is 1.29. The zero-order valence-corrected chi connectivity index (χ0v) is 23.9. The molecule has 2 aliphatic rings. The van der Waals surface area contributed by atoms with Gasteiger partial charge in [0.05, 0.1) is 12.2 Å². The highest BCUT2D eigenvalue weighted by molar-refractivity contribution is 5.77. The summed E-state index contributed by atoms with van der Waals surface area (Å²) in [6.07, 6.45) is 6.92. The Morgan fingerprint density at radius 2 is 1.85 bits per heavy atom. The fourth-order valence-electron chi connectivity index (χ4n) is 5.79. The minimum atomic E-state index is -1.14. The minimum absolute atomic E-state index is 0.232. The van der Waals surface area contributed by atoms with Gasteiger partial charge < -0.3 is 15.3 Å². The Kier molecular flexibility index (Phi) is 7.46. The smallest absolute Gasteiger partial charge is 0.278 e. The SMILES string of the molecule is C=CCn1c(=O)c2cnc(Nc3ccc4c(c3)CN(CCN3CCCC3)CC4)nc2n1-c1cccc(C(C)(C)O)n1. The van der Waals surface area contributed by atoms with Crippen LogP contribution in [0.1, 0.15) is 43.5 Å². The molecule has 1 saturated heterocycles. The fraction of sp³-hybridized carbons (Fsp3) is 0.419. The molecule has 5 heterocycles. The highest BCUT2D eigenvalue weighted by Gasteiger charge is 2.22. The molecule has 0 atom stereocenters. The van der Waals surface area contributed by atoms with Crippen LogP contribution in [0.4, 0.5) is 11.6 Å². The van der Waals surface area contributed by atoms with Crippen molar-refractivity contribution >= 4 is 22.7 Å². The summed E-state index contributed by atoms with van der Waals surface area (Å²) in [7, 11) is 0. The van der Waals surface area contributed by atoms with Gasteiger partial charge in [-0.3, -0.25) is 9.69 Å². The van der Waals surface area contributed by atoms with Gasteiger partial charge in [-0.1, -0.05) is 18.2 Å². The first kappa shape index (κ1) is 27.3. The van der Waals surface area contributed by atoms with E-state index in [2.05, 4.69) is 49.9 Å². The highest BCUT2D eigenvalue weighted by atomic mass is 16.3. The molecule has 0 radical (unpaired) electrons. The van der Waals surface area contributed by atoms with E-state index in [4.69, 9.17) is 4.98 Å². The molecule has 2 N–H and O–H groups in total. The number of likely N-dealkylation sites (tertiary alicyclic amines) is 1. The van der Waals surface area contributed by atoms with Crippen molar-refractivity contribution in [1.82, 2.24) is 34.1 Å². The van der Waals surface area contributed by atoms with E-state index in [0.29, 0.717) is 28.5 Å². The number of aliphatic hydroxyl groups is 1. The van der Waals surface area contributed by atoms with E-state index in [1.807, 2.05) is 6.07 Å². The third kappa shape index (κ3) is 5.68. The van der Waals surface area contributed by atoms with Gasteiger partial charge in [0, 0.05) is 38.1 Å². The van der Waals surface area contributed by atoms with Gasteiger partial charge in [-0.25, -0.2) is 19.3 Å². The molecule has 1 fully saturated rings. The summed E-state index contributed by atoms with van der Waals surface area (Å²) < 4.78 is 3.20. The second-order valence-electron chi connectivity index (χ2n) is 11.5. The summed E-state index contributed by atoms with van der Waals surface area (Å²) in [5, 5.41) is 14.3. The Morgan fingerprint density at radius 1 is 1.05 bits per heavy atom. The molecule has 41 heavy (non-hydrogen) atoms. The van der Waals surface area contributed by atoms with Crippen molar-refractivity contribution in [1.29, 1.82) is 0 Å². The van der Waals surface area contributed by atoms with Gasteiger partial charge in [0.25, 0.3) is 5.56 Å². The fourth-order valence-corrected chi connectivity index (χ4v) is 5.79. The van der Waals surface area contributed by atoms with Crippen molar-refractivity contribution in [2.24, 2.45) is 0 Å². The Bertz CT molecular complexity index is 1630. The maximum Gasteiger partial charge on any atom is 0.278 e. The molecule has 10 heteroatoms. The van der Waals surface area contributed by atoms with E-state index in [1.165, 1.54) is 41.7 Å². The van der Waals surface area contributed by atoms with Crippen LogP contribution < -0.4 is 10.9 Å². The van der Waals surface area contributed by atoms with E-state index in [9.17, 15) is 9.90 Å². The number of hydrogen-bond acceptors (Lipinski definition) is 8. The van der Waals surface area contributed by atoms with Gasteiger partial charge in [-0.2, -0.15) is 4.98 Å². The molecule has 3 aromatic heterocycles. The maximum atomic E-state index is 13.3. The molecule has 0 aliphatic carbocycles. The van der Waals surface area contributed by atoms with Crippen LogP contribution in [0.2, 0.25) is 0 Å². The van der Waals surface area contributed by atoms with Crippen LogP contribution in [0.3, 0.4) is 0 Å². The van der Waals surface area contributed by atoms with Crippen molar-refractivity contribution in [2.75, 3.05) is 38.0 Å². The van der Waals surface area contributed by atoms with Gasteiger partial charge in [0.15, 0.2) is 11.5 Å². The number of nitrogens with zero attached hydrogens (tertiary/aromatic N) is 7. The number of nitrogens with one attached hydrogen (secondary N) is 1. The Hall–Kier alpha value is -3.86. The second kappa shape index (κ2) is 11.2. The summed E-state index contributed by atoms with van der Waals surface area (Å²) in [6.45, 7) is 14.2. The molecular formula is C31H38N8O2. The normalized spacial score (nSPS) is 16.3. The van der Waals surface area contributed by atoms with Gasteiger partial charge in [0.1, 0.15) is 11.0 Å². The van der Waals surface area contributed by atoms with E-state index < -0.39 is 5.60 Å². The predicted molar refractivity (Wildman–Crippen MR) is 161 cm³/mol. The molecule has 0 spiro atoms. The summed E-state index contributed by atoms with van der Waals surface area (Å²) in [4.78, 5) is 32.3. The van der Waals surface area contributed by atoms with Crippen LogP contribution in [0, 0.1) is 0 Å². The van der Waals surface area contributed by atoms with Gasteiger partial charge in [-0.15, -0.1) is 6.58 Å². The summed E-state index contributed by atoms with van der Waals surface area (Å²) in [6, 6.07) is 11.8. The second-order valence-corrected chi connectivity index (χ2v) is 11.5. The molecule has 0 saturated carbocycles. The van der Waals surface area contributed by atoms with Crippen LogP contribution in [0.5, 0.6) is 0 Å². The average Bonchev–Trinajstić information content (AvgIpc) is 3.58. The lowest BCUT2D eigenvalue weighted by Gasteiger charge is -2.30. The van der Waals surface area contributed by atoms with Crippen molar-refractivity contribution in [3.8, 4) is 5.82 Å². The van der Waals surface area contributed by atoms with Crippen LogP contribution >= 0.6 is 0 Å². The van der Waals surface area contributed by atoms with Crippen LogP contribution in [0.25, 0.3) is 16.9 Å². The number of benzene rings is 1.